The van der Waals surface area contributed by atoms with Crippen molar-refractivity contribution < 1.29 is 9.53 Å². The van der Waals surface area contributed by atoms with E-state index in [4.69, 9.17) is 4.74 Å². The van der Waals surface area contributed by atoms with Crippen LogP contribution in [0.3, 0.4) is 0 Å². The molecule has 0 aliphatic carbocycles. The number of nitrogens with zero attached hydrogens (tertiary/aromatic N) is 1. The van der Waals surface area contributed by atoms with Crippen LogP contribution in [-0.4, -0.2) is 48.4 Å². The first kappa shape index (κ1) is 14.4. The molecule has 0 spiro atoms. The quantitative estimate of drug-likeness (QED) is 0.775. The van der Waals surface area contributed by atoms with Crippen molar-refractivity contribution in [3.05, 3.63) is 29.8 Å². The molecule has 1 aliphatic rings. The molecule has 1 aromatic rings. The van der Waals surface area contributed by atoms with Crippen molar-refractivity contribution in [2.24, 2.45) is 0 Å². The summed E-state index contributed by atoms with van der Waals surface area (Å²) in [4.78, 5) is 14.6. The lowest BCUT2D eigenvalue weighted by molar-refractivity contribution is 0.0932. The van der Waals surface area contributed by atoms with Crippen molar-refractivity contribution in [2.75, 3.05) is 37.7 Å². The summed E-state index contributed by atoms with van der Waals surface area (Å²) >= 11 is 1.98. The van der Waals surface area contributed by atoms with E-state index in [1.807, 2.05) is 43.0 Å². The third-order valence-electron chi connectivity index (χ3n) is 3.17. The maximum absolute atomic E-state index is 12.4. The summed E-state index contributed by atoms with van der Waals surface area (Å²) in [7, 11) is 0. The zero-order valence-electron chi connectivity index (χ0n) is 11.4. The topological polar surface area (TPSA) is 29.5 Å². The van der Waals surface area contributed by atoms with Gasteiger partial charge in [0.25, 0.3) is 0 Å². The summed E-state index contributed by atoms with van der Waals surface area (Å²) < 4.78 is 5.53. The average molecular weight is 279 g/mol. The predicted molar refractivity (Wildman–Crippen MR) is 80.3 cm³/mol. The molecule has 1 fully saturated rings. The van der Waals surface area contributed by atoms with Crippen molar-refractivity contribution in [1.82, 2.24) is 4.90 Å². The van der Waals surface area contributed by atoms with Gasteiger partial charge in [0.15, 0.2) is 5.78 Å². The van der Waals surface area contributed by atoms with Gasteiger partial charge in [0.1, 0.15) is 5.75 Å². The maximum Gasteiger partial charge on any atom is 0.180 e. The van der Waals surface area contributed by atoms with Crippen molar-refractivity contribution in [1.29, 1.82) is 0 Å². The summed E-state index contributed by atoms with van der Waals surface area (Å²) in [5.41, 5.74) is 0.709. The molecule has 1 aromatic carbocycles. The maximum atomic E-state index is 12.4. The summed E-state index contributed by atoms with van der Waals surface area (Å²) in [6.07, 6.45) is 1.17. The van der Waals surface area contributed by atoms with Crippen LogP contribution >= 0.6 is 11.8 Å². The molecule has 19 heavy (non-hydrogen) atoms. The van der Waals surface area contributed by atoms with Crippen LogP contribution in [0, 0.1) is 0 Å². The van der Waals surface area contributed by atoms with Crippen LogP contribution in [0.25, 0.3) is 0 Å². The first-order valence-electron chi connectivity index (χ1n) is 6.86. The lowest BCUT2D eigenvalue weighted by Gasteiger charge is -2.19. The highest BCUT2D eigenvalue weighted by molar-refractivity contribution is 7.99. The number of carbonyl (C=O) groups excluding carboxylic acids is 1. The van der Waals surface area contributed by atoms with Crippen LogP contribution in [0.15, 0.2) is 24.3 Å². The summed E-state index contributed by atoms with van der Waals surface area (Å²) in [6, 6.07) is 7.54. The van der Waals surface area contributed by atoms with Crippen molar-refractivity contribution >= 4 is 17.5 Å². The Balaban J connectivity index is 2.02. The zero-order valence-corrected chi connectivity index (χ0v) is 12.2. The number of benzene rings is 1. The van der Waals surface area contributed by atoms with Crippen LogP contribution < -0.4 is 4.74 Å². The number of ketones is 1. The second-order valence-electron chi connectivity index (χ2n) is 4.59. The van der Waals surface area contributed by atoms with Gasteiger partial charge in [-0.05, 0) is 37.8 Å². The van der Waals surface area contributed by atoms with E-state index in [0.717, 1.165) is 18.8 Å². The Labute approximate surface area is 119 Å². The van der Waals surface area contributed by atoms with Gasteiger partial charge in [0.05, 0.1) is 18.7 Å². The molecule has 104 valence electrons. The van der Waals surface area contributed by atoms with Crippen LogP contribution in [0.5, 0.6) is 5.75 Å². The number of ether oxygens (including phenoxy) is 1. The van der Waals surface area contributed by atoms with E-state index in [-0.39, 0.29) is 5.78 Å². The van der Waals surface area contributed by atoms with E-state index in [1.54, 1.807) is 0 Å². The van der Waals surface area contributed by atoms with Gasteiger partial charge in [-0.15, -0.1) is 0 Å². The van der Waals surface area contributed by atoms with Crippen molar-refractivity contribution in [3.8, 4) is 5.75 Å². The van der Waals surface area contributed by atoms with Gasteiger partial charge in [-0.3, -0.25) is 9.69 Å². The molecule has 0 amide bonds. The number of hydrogen-bond acceptors (Lipinski definition) is 4. The highest BCUT2D eigenvalue weighted by atomic mass is 32.2. The number of hydrogen-bond donors (Lipinski definition) is 0. The number of Topliss-reactive ketones (excluding diaryl/α,β-unsaturated/α-hetero) is 1. The van der Waals surface area contributed by atoms with Crippen LogP contribution in [-0.2, 0) is 0 Å². The lowest BCUT2D eigenvalue weighted by Crippen LogP contribution is -2.32. The monoisotopic (exact) mass is 279 g/mol. The Morgan fingerprint density at radius 3 is 3.00 bits per heavy atom. The average Bonchev–Trinajstić information content (AvgIpc) is 2.68. The molecule has 0 saturated carbocycles. The van der Waals surface area contributed by atoms with Crippen molar-refractivity contribution in [2.45, 2.75) is 13.3 Å². The number of thioether (sulfide) groups is 1. The molecule has 0 unspecified atom stereocenters. The second kappa shape index (κ2) is 7.56. The summed E-state index contributed by atoms with van der Waals surface area (Å²) in [6.45, 7) is 5.06. The van der Waals surface area contributed by atoms with Gasteiger partial charge in [-0.2, -0.15) is 11.8 Å². The highest BCUT2D eigenvalue weighted by Crippen LogP contribution is 2.19. The van der Waals surface area contributed by atoms with E-state index in [0.29, 0.717) is 24.5 Å². The minimum absolute atomic E-state index is 0.163. The molecule has 3 nitrogen and oxygen atoms in total. The van der Waals surface area contributed by atoms with Gasteiger partial charge in [-0.25, -0.2) is 0 Å². The molecule has 1 heterocycles. The number of carbonyl (C=O) groups is 1. The van der Waals surface area contributed by atoms with Gasteiger partial charge >= 0.3 is 0 Å². The SMILES string of the molecule is CCOc1ccccc1C(=O)CN1CCCSCC1. The zero-order chi connectivity index (χ0) is 13.5. The van der Waals surface area contributed by atoms with E-state index < -0.39 is 0 Å². The minimum Gasteiger partial charge on any atom is -0.493 e. The molecule has 0 N–H and O–H groups in total. The fourth-order valence-corrected chi connectivity index (χ4v) is 3.15. The summed E-state index contributed by atoms with van der Waals surface area (Å²) in [5.74, 6) is 3.20. The van der Waals surface area contributed by atoms with Crippen LogP contribution in [0.2, 0.25) is 0 Å². The highest BCUT2D eigenvalue weighted by Gasteiger charge is 2.17. The minimum atomic E-state index is 0.163. The van der Waals surface area contributed by atoms with Gasteiger partial charge < -0.3 is 4.74 Å². The van der Waals surface area contributed by atoms with Crippen molar-refractivity contribution in [3.63, 3.8) is 0 Å². The Bertz CT molecular complexity index is 414. The van der Waals surface area contributed by atoms with Gasteiger partial charge in [0, 0.05) is 12.3 Å². The van der Waals surface area contributed by atoms with E-state index >= 15 is 0 Å². The smallest absolute Gasteiger partial charge is 0.180 e. The molecule has 0 radical (unpaired) electrons. The fraction of sp³-hybridized carbons (Fsp3) is 0.533. The van der Waals surface area contributed by atoms with Crippen LogP contribution in [0.1, 0.15) is 23.7 Å². The Hall–Kier alpha value is -1.00. The number of rotatable bonds is 5. The molecule has 0 aromatic heterocycles. The summed E-state index contributed by atoms with van der Waals surface area (Å²) in [5, 5.41) is 0. The molecule has 0 atom stereocenters. The molecular formula is C15H21NO2S. The number of para-hydroxylation sites is 1. The Morgan fingerprint density at radius 2 is 2.16 bits per heavy atom. The molecule has 1 aliphatic heterocycles. The first-order chi connectivity index (χ1) is 9.31. The van der Waals surface area contributed by atoms with Crippen LogP contribution in [0.4, 0.5) is 0 Å². The van der Waals surface area contributed by atoms with E-state index in [1.165, 1.54) is 12.2 Å². The predicted octanol–water partition coefficient (Wildman–Crippen LogP) is 2.71. The van der Waals surface area contributed by atoms with Gasteiger partial charge in [-0.1, -0.05) is 12.1 Å². The Kier molecular flexibility index (Phi) is 5.73. The third kappa shape index (κ3) is 4.25. The molecule has 2 rings (SSSR count). The fourth-order valence-electron chi connectivity index (χ4n) is 2.22. The van der Waals surface area contributed by atoms with E-state index in [2.05, 4.69) is 4.90 Å². The molecule has 4 heteroatoms. The third-order valence-corrected chi connectivity index (χ3v) is 4.22. The lowest BCUT2D eigenvalue weighted by atomic mass is 10.1. The normalized spacial score (nSPS) is 16.9. The standard InChI is InChI=1S/C15H21NO2S/c1-2-18-15-7-4-3-6-13(15)14(17)12-16-8-5-10-19-11-9-16/h3-4,6-7H,2,5,8-12H2,1H3. The van der Waals surface area contributed by atoms with Gasteiger partial charge in [0.2, 0.25) is 0 Å². The first-order valence-corrected chi connectivity index (χ1v) is 8.02. The second-order valence-corrected chi connectivity index (χ2v) is 5.82. The Morgan fingerprint density at radius 1 is 1.32 bits per heavy atom. The largest absolute Gasteiger partial charge is 0.493 e. The molecule has 1 saturated heterocycles. The van der Waals surface area contributed by atoms with E-state index in [9.17, 15) is 4.79 Å². The molecule has 0 bridgehead atoms. The molecular weight excluding hydrogens is 258 g/mol.